The van der Waals surface area contributed by atoms with Crippen LogP contribution in [0.15, 0.2) is 24.3 Å². The van der Waals surface area contributed by atoms with Gasteiger partial charge in [0.15, 0.2) is 6.61 Å². The maximum atomic E-state index is 13.8. The lowest BCUT2D eigenvalue weighted by molar-refractivity contribution is -0.156. The van der Waals surface area contributed by atoms with E-state index in [-0.39, 0.29) is 24.9 Å². The molecule has 1 aromatic carbocycles. The largest absolute Gasteiger partial charge is 0.454 e. The number of esters is 1. The fourth-order valence-electron chi connectivity index (χ4n) is 2.95. The van der Waals surface area contributed by atoms with Crippen LogP contribution in [0.25, 0.3) is 0 Å². The second-order valence-corrected chi connectivity index (χ2v) is 7.61. The van der Waals surface area contributed by atoms with E-state index in [9.17, 15) is 23.9 Å². The molecule has 8 heteroatoms. The van der Waals surface area contributed by atoms with Crippen LogP contribution in [-0.4, -0.2) is 58.6 Å². The Hall–Kier alpha value is -2.48. The third kappa shape index (κ3) is 5.76. The molecule has 0 saturated carbocycles. The number of halogens is 1. The number of amides is 2. The molecule has 1 aromatic rings. The van der Waals surface area contributed by atoms with Crippen LogP contribution in [0.4, 0.5) is 4.39 Å². The molecular weight excluding hydrogens is 367 g/mol. The molecule has 154 valence electrons. The molecule has 0 radical (unpaired) electrons. The van der Waals surface area contributed by atoms with Crippen molar-refractivity contribution in [3.8, 4) is 0 Å². The molecule has 0 aromatic heterocycles. The van der Waals surface area contributed by atoms with Crippen LogP contribution in [0.1, 0.15) is 39.2 Å². The number of aliphatic hydroxyl groups is 1. The molecule has 28 heavy (non-hydrogen) atoms. The molecule has 7 nitrogen and oxygen atoms in total. The zero-order chi connectivity index (χ0) is 20.9. The molecule has 2 rings (SSSR count). The number of hydrogen-bond donors (Lipinski definition) is 2. The minimum absolute atomic E-state index is 0.0178. The Morgan fingerprint density at radius 2 is 2.00 bits per heavy atom. The zero-order valence-corrected chi connectivity index (χ0v) is 16.4. The standard InChI is InChI=1S/C20H27FN2O5/c1-4-20(2,3)22-17(25)12-28-19(27)16-10-14(24)11-23(16)18(26)9-13-7-5-6-8-15(13)21/h5-8,14,16,24H,4,9-12H2,1-3H3,(H,22,25). The lowest BCUT2D eigenvalue weighted by Crippen LogP contribution is -2.46. The first-order chi connectivity index (χ1) is 13.1. The van der Waals surface area contributed by atoms with E-state index in [1.807, 2.05) is 20.8 Å². The number of ether oxygens (including phenoxy) is 1. The highest BCUT2D eigenvalue weighted by atomic mass is 19.1. The Labute approximate surface area is 163 Å². The fraction of sp³-hybridized carbons (Fsp3) is 0.550. The van der Waals surface area contributed by atoms with Crippen LogP contribution in [0.3, 0.4) is 0 Å². The second kappa shape index (κ2) is 9.14. The highest BCUT2D eigenvalue weighted by molar-refractivity contribution is 5.88. The number of aliphatic hydroxyl groups excluding tert-OH is 1. The van der Waals surface area contributed by atoms with Crippen molar-refractivity contribution in [1.29, 1.82) is 0 Å². The summed E-state index contributed by atoms with van der Waals surface area (Å²) in [5.41, 5.74) is -0.211. The van der Waals surface area contributed by atoms with Gasteiger partial charge in [-0.05, 0) is 31.9 Å². The number of β-amino-alcohol motifs (C(OH)–C–C–N with tert-alkyl or cyclic N) is 1. The Kier molecular flexibility index (Phi) is 7.12. The maximum Gasteiger partial charge on any atom is 0.329 e. The van der Waals surface area contributed by atoms with Crippen LogP contribution >= 0.6 is 0 Å². The second-order valence-electron chi connectivity index (χ2n) is 7.61. The van der Waals surface area contributed by atoms with Gasteiger partial charge in [-0.15, -0.1) is 0 Å². The molecule has 2 atom stereocenters. The van der Waals surface area contributed by atoms with Crippen molar-refractivity contribution in [2.45, 2.75) is 57.7 Å². The summed E-state index contributed by atoms with van der Waals surface area (Å²) in [6.45, 7) is 5.11. The van der Waals surface area contributed by atoms with Gasteiger partial charge in [0.05, 0.1) is 12.5 Å². The summed E-state index contributed by atoms with van der Waals surface area (Å²) in [5, 5.41) is 12.6. The van der Waals surface area contributed by atoms with E-state index in [2.05, 4.69) is 5.32 Å². The number of carbonyl (C=O) groups excluding carboxylic acids is 3. The summed E-state index contributed by atoms with van der Waals surface area (Å²) in [5.74, 6) is -2.20. The molecule has 1 aliphatic rings. The van der Waals surface area contributed by atoms with Gasteiger partial charge in [0.2, 0.25) is 5.91 Å². The van der Waals surface area contributed by atoms with Crippen LogP contribution in [0.5, 0.6) is 0 Å². The van der Waals surface area contributed by atoms with E-state index in [0.29, 0.717) is 6.42 Å². The summed E-state index contributed by atoms with van der Waals surface area (Å²) < 4.78 is 18.8. The lowest BCUT2D eigenvalue weighted by Gasteiger charge is -2.25. The molecule has 1 aliphatic heterocycles. The number of nitrogens with one attached hydrogen (secondary N) is 1. The Bertz CT molecular complexity index is 737. The average Bonchev–Trinajstić information content (AvgIpc) is 3.03. The molecule has 1 saturated heterocycles. The zero-order valence-electron chi connectivity index (χ0n) is 16.4. The van der Waals surface area contributed by atoms with Gasteiger partial charge in [-0.25, -0.2) is 9.18 Å². The summed E-state index contributed by atoms with van der Waals surface area (Å²) in [6.07, 6.45) is -0.382. The fourth-order valence-corrected chi connectivity index (χ4v) is 2.95. The van der Waals surface area contributed by atoms with Crippen molar-refractivity contribution in [2.75, 3.05) is 13.2 Å². The molecule has 0 bridgehead atoms. The Balaban J connectivity index is 1.97. The van der Waals surface area contributed by atoms with Crippen molar-refractivity contribution in [3.63, 3.8) is 0 Å². The highest BCUT2D eigenvalue weighted by Crippen LogP contribution is 2.21. The van der Waals surface area contributed by atoms with Crippen LogP contribution in [0.2, 0.25) is 0 Å². The summed E-state index contributed by atoms with van der Waals surface area (Å²) in [6, 6.07) is 4.89. The van der Waals surface area contributed by atoms with E-state index in [4.69, 9.17) is 4.74 Å². The minimum atomic E-state index is -0.999. The number of carbonyl (C=O) groups is 3. The van der Waals surface area contributed by atoms with Crippen molar-refractivity contribution >= 4 is 17.8 Å². The molecule has 2 unspecified atom stereocenters. The maximum absolute atomic E-state index is 13.8. The summed E-state index contributed by atoms with van der Waals surface area (Å²) in [4.78, 5) is 38.1. The van der Waals surface area contributed by atoms with Crippen molar-refractivity contribution in [2.24, 2.45) is 0 Å². The quantitative estimate of drug-likeness (QED) is 0.677. The van der Waals surface area contributed by atoms with E-state index in [1.54, 1.807) is 6.07 Å². The SMILES string of the molecule is CCC(C)(C)NC(=O)COC(=O)C1CC(O)CN1C(=O)Cc1ccccc1F. The lowest BCUT2D eigenvalue weighted by atomic mass is 10.0. The Morgan fingerprint density at radius 1 is 1.32 bits per heavy atom. The van der Waals surface area contributed by atoms with Crippen LogP contribution in [-0.2, 0) is 25.5 Å². The monoisotopic (exact) mass is 394 g/mol. The van der Waals surface area contributed by atoms with Gasteiger partial charge >= 0.3 is 5.97 Å². The molecule has 0 spiro atoms. The van der Waals surface area contributed by atoms with Gasteiger partial charge in [0.25, 0.3) is 5.91 Å². The highest BCUT2D eigenvalue weighted by Gasteiger charge is 2.40. The molecule has 1 heterocycles. The smallest absolute Gasteiger partial charge is 0.329 e. The van der Waals surface area contributed by atoms with Crippen LogP contribution < -0.4 is 5.32 Å². The molecule has 0 aliphatic carbocycles. The minimum Gasteiger partial charge on any atom is -0.454 e. The van der Waals surface area contributed by atoms with Gasteiger partial charge in [-0.1, -0.05) is 25.1 Å². The topological polar surface area (TPSA) is 95.9 Å². The number of benzene rings is 1. The van der Waals surface area contributed by atoms with Crippen molar-refractivity contribution < 1.29 is 28.6 Å². The summed E-state index contributed by atoms with van der Waals surface area (Å²) >= 11 is 0. The van der Waals surface area contributed by atoms with E-state index in [1.165, 1.54) is 23.1 Å². The van der Waals surface area contributed by atoms with Gasteiger partial charge < -0.3 is 20.1 Å². The third-order valence-electron chi connectivity index (χ3n) is 4.88. The first-order valence-electron chi connectivity index (χ1n) is 9.31. The number of hydrogen-bond acceptors (Lipinski definition) is 5. The van der Waals surface area contributed by atoms with E-state index >= 15 is 0 Å². The van der Waals surface area contributed by atoms with Crippen molar-refractivity contribution in [1.82, 2.24) is 10.2 Å². The normalized spacial score (nSPS) is 19.4. The van der Waals surface area contributed by atoms with Gasteiger partial charge in [0.1, 0.15) is 11.9 Å². The average molecular weight is 394 g/mol. The van der Waals surface area contributed by atoms with Crippen molar-refractivity contribution in [3.05, 3.63) is 35.6 Å². The molecule has 2 amide bonds. The third-order valence-corrected chi connectivity index (χ3v) is 4.88. The predicted octanol–water partition coefficient (Wildman–Crippen LogP) is 1.18. The predicted molar refractivity (Wildman–Crippen MR) is 99.7 cm³/mol. The Morgan fingerprint density at radius 3 is 2.64 bits per heavy atom. The van der Waals surface area contributed by atoms with Gasteiger partial charge in [-0.3, -0.25) is 9.59 Å². The van der Waals surface area contributed by atoms with E-state index < -0.39 is 47.9 Å². The van der Waals surface area contributed by atoms with Gasteiger partial charge in [-0.2, -0.15) is 0 Å². The van der Waals surface area contributed by atoms with Gasteiger partial charge in [0, 0.05) is 18.5 Å². The van der Waals surface area contributed by atoms with E-state index in [0.717, 1.165) is 0 Å². The molecular formula is C20H27FN2O5. The summed E-state index contributed by atoms with van der Waals surface area (Å²) in [7, 11) is 0. The number of nitrogens with zero attached hydrogens (tertiary/aromatic N) is 1. The molecule has 1 fully saturated rings. The number of rotatable bonds is 7. The first kappa shape index (κ1) is 21.8. The molecule has 2 N–H and O–H groups in total. The van der Waals surface area contributed by atoms with Crippen LogP contribution in [0, 0.1) is 5.82 Å². The number of likely N-dealkylation sites (tertiary alicyclic amines) is 1. The first-order valence-corrected chi connectivity index (χ1v) is 9.31.